The number of hydrogen-bond acceptors (Lipinski definition) is 6. The Morgan fingerprint density at radius 1 is 0.821 bits per heavy atom. The summed E-state index contributed by atoms with van der Waals surface area (Å²) < 4.78 is 30.7. The molecule has 9 nitrogen and oxygen atoms in total. The molecule has 0 aromatic heterocycles. The number of nitrogens with one attached hydrogen (secondary N) is 2. The lowest BCUT2D eigenvalue weighted by Crippen LogP contribution is -2.50. The number of carbonyl (C=O) groups excluding carboxylic acids is 3. The minimum absolute atomic E-state index is 0.0215. The number of amides is 3. The number of alkyl carbamates (subject to hydrolysis) is 1. The summed E-state index contributed by atoms with van der Waals surface area (Å²) in [5.41, 5.74) is 6.86. The van der Waals surface area contributed by atoms with Crippen molar-refractivity contribution in [1.29, 1.82) is 0 Å². The van der Waals surface area contributed by atoms with Crippen molar-refractivity contribution in [3.8, 4) is 0 Å². The van der Waals surface area contributed by atoms with Crippen LogP contribution in [0.15, 0.2) is 107 Å². The summed E-state index contributed by atoms with van der Waals surface area (Å²) in [4.78, 5) is 37.4. The van der Waals surface area contributed by atoms with E-state index in [0.29, 0.717) is 0 Å². The summed E-state index contributed by atoms with van der Waals surface area (Å²) in [6.45, 7) is 0.0215. The molecule has 0 radical (unpaired) electrons. The number of benzene rings is 3. The van der Waals surface area contributed by atoms with E-state index in [-0.39, 0.29) is 30.8 Å². The zero-order valence-corrected chi connectivity index (χ0v) is 22.0. The maximum absolute atomic E-state index is 13.3. The largest absolute Gasteiger partial charge is 0.445 e. The zero-order valence-electron chi connectivity index (χ0n) is 21.2. The molecule has 0 fully saturated rings. The van der Waals surface area contributed by atoms with Crippen LogP contribution in [0.4, 0.5) is 4.79 Å². The Hall–Kier alpha value is -4.44. The van der Waals surface area contributed by atoms with Gasteiger partial charge in [0.25, 0.3) is 0 Å². The van der Waals surface area contributed by atoms with Crippen LogP contribution >= 0.6 is 0 Å². The number of primary amides is 1. The molecule has 3 aromatic carbocycles. The second-order valence-electron chi connectivity index (χ2n) is 8.76. The fraction of sp³-hybridized carbons (Fsp3) is 0.207. The molecule has 0 unspecified atom stereocenters. The Labute approximate surface area is 228 Å². The zero-order chi connectivity index (χ0) is 28.1. The number of carbonyl (C=O) groups is 3. The molecule has 3 aromatic rings. The minimum Gasteiger partial charge on any atom is -0.445 e. The Balaban J connectivity index is 1.75. The first kappa shape index (κ1) is 29.1. The van der Waals surface area contributed by atoms with Gasteiger partial charge in [0.2, 0.25) is 11.8 Å². The summed E-state index contributed by atoms with van der Waals surface area (Å²) in [6.07, 6.45) is 0.651. The van der Waals surface area contributed by atoms with Crippen LogP contribution < -0.4 is 16.4 Å². The molecule has 3 rings (SSSR count). The number of hydrogen-bond donors (Lipinski definition) is 3. The molecule has 0 aliphatic rings. The van der Waals surface area contributed by atoms with Crippen LogP contribution in [0.3, 0.4) is 0 Å². The molecule has 3 amide bonds. The predicted molar refractivity (Wildman–Crippen MR) is 147 cm³/mol. The first-order valence-electron chi connectivity index (χ1n) is 12.3. The van der Waals surface area contributed by atoms with Crippen molar-refractivity contribution in [2.24, 2.45) is 5.73 Å². The Kier molecular flexibility index (Phi) is 10.8. The summed E-state index contributed by atoms with van der Waals surface area (Å²) in [6, 6.07) is 24.1. The standard InChI is InChI=1S/C29H31N3O6S/c30-27(33)17-16-24(18-19-39(36,37)25-14-8-3-9-15-25)31-28(34)26(20-22-10-4-1-5-11-22)32-29(35)38-21-23-12-6-2-7-13-23/h1-15,18-19,24,26H,16-17,20-21H2,(H2,30,33)(H,31,34)(H,32,35)/b19-18+/t24-,26-/m0/s1. The quantitative estimate of drug-likeness (QED) is 0.298. The molecule has 204 valence electrons. The fourth-order valence-electron chi connectivity index (χ4n) is 3.65. The Morgan fingerprint density at radius 3 is 1.97 bits per heavy atom. The fourth-order valence-corrected chi connectivity index (χ4v) is 4.74. The highest BCUT2D eigenvalue weighted by Gasteiger charge is 2.24. The van der Waals surface area contributed by atoms with Crippen molar-refractivity contribution in [1.82, 2.24) is 10.6 Å². The van der Waals surface area contributed by atoms with Crippen molar-refractivity contribution >= 4 is 27.7 Å². The van der Waals surface area contributed by atoms with Gasteiger partial charge >= 0.3 is 6.09 Å². The van der Waals surface area contributed by atoms with Gasteiger partial charge in [-0.3, -0.25) is 9.59 Å². The van der Waals surface area contributed by atoms with Gasteiger partial charge in [0.05, 0.1) is 4.90 Å². The molecule has 2 atom stereocenters. The monoisotopic (exact) mass is 549 g/mol. The van der Waals surface area contributed by atoms with E-state index in [1.165, 1.54) is 18.2 Å². The highest BCUT2D eigenvalue weighted by Crippen LogP contribution is 2.13. The van der Waals surface area contributed by atoms with E-state index >= 15 is 0 Å². The van der Waals surface area contributed by atoms with Crippen LogP contribution in [0.25, 0.3) is 0 Å². The van der Waals surface area contributed by atoms with Gasteiger partial charge in [0, 0.05) is 24.3 Å². The molecule has 0 aliphatic carbocycles. The number of ether oxygens (including phenoxy) is 1. The lowest BCUT2D eigenvalue weighted by atomic mass is 10.0. The van der Waals surface area contributed by atoms with Gasteiger partial charge in [-0.2, -0.15) is 0 Å². The average molecular weight is 550 g/mol. The molecular formula is C29H31N3O6S. The van der Waals surface area contributed by atoms with Gasteiger partial charge in [-0.05, 0) is 29.7 Å². The molecule has 0 aliphatic heterocycles. The van der Waals surface area contributed by atoms with Gasteiger partial charge in [0.15, 0.2) is 9.84 Å². The number of rotatable bonds is 13. The van der Waals surface area contributed by atoms with E-state index in [2.05, 4.69) is 10.6 Å². The molecule has 0 saturated carbocycles. The summed E-state index contributed by atoms with van der Waals surface area (Å²) >= 11 is 0. The molecular weight excluding hydrogens is 518 g/mol. The summed E-state index contributed by atoms with van der Waals surface area (Å²) in [5, 5.41) is 6.31. The Bertz CT molecular complexity index is 1360. The van der Waals surface area contributed by atoms with Crippen LogP contribution in [0.5, 0.6) is 0 Å². The van der Waals surface area contributed by atoms with E-state index in [0.717, 1.165) is 16.5 Å². The molecule has 0 heterocycles. The van der Waals surface area contributed by atoms with Crippen LogP contribution in [0.2, 0.25) is 0 Å². The van der Waals surface area contributed by atoms with Crippen molar-refractivity contribution in [2.75, 3.05) is 0 Å². The average Bonchev–Trinajstić information content (AvgIpc) is 2.94. The van der Waals surface area contributed by atoms with Crippen LogP contribution in [0, 0.1) is 0 Å². The van der Waals surface area contributed by atoms with Crippen LogP contribution in [-0.2, 0) is 37.2 Å². The van der Waals surface area contributed by atoms with Gasteiger partial charge in [-0.1, -0.05) is 84.9 Å². The second kappa shape index (κ2) is 14.5. The second-order valence-corrected chi connectivity index (χ2v) is 10.6. The Morgan fingerprint density at radius 2 is 1.38 bits per heavy atom. The van der Waals surface area contributed by atoms with Crippen molar-refractivity contribution in [3.63, 3.8) is 0 Å². The molecule has 0 bridgehead atoms. The maximum Gasteiger partial charge on any atom is 0.408 e. The van der Waals surface area contributed by atoms with Crippen molar-refractivity contribution < 1.29 is 27.5 Å². The molecule has 4 N–H and O–H groups in total. The number of nitrogens with two attached hydrogens (primary N) is 1. The smallest absolute Gasteiger partial charge is 0.408 e. The summed E-state index contributed by atoms with van der Waals surface area (Å²) in [5.74, 6) is -1.18. The molecule has 39 heavy (non-hydrogen) atoms. The molecule has 10 heteroatoms. The highest BCUT2D eigenvalue weighted by atomic mass is 32.2. The van der Waals surface area contributed by atoms with E-state index in [9.17, 15) is 22.8 Å². The third kappa shape index (κ3) is 10.1. The van der Waals surface area contributed by atoms with Gasteiger partial charge < -0.3 is 21.1 Å². The topological polar surface area (TPSA) is 145 Å². The predicted octanol–water partition coefficient (Wildman–Crippen LogP) is 3.26. The SMILES string of the molecule is NC(=O)CC[C@@H](/C=C/S(=O)(=O)c1ccccc1)NC(=O)[C@H](Cc1ccccc1)NC(=O)OCc1ccccc1. The third-order valence-electron chi connectivity index (χ3n) is 5.70. The van der Waals surface area contributed by atoms with Gasteiger partial charge in [-0.25, -0.2) is 13.2 Å². The molecule has 0 saturated heterocycles. The summed E-state index contributed by atoms with van der Waals surface area (Å²) in [7, 11) is -3.79. The van der Waals surface area contributed by atoms with Crippen LogP contribution in [-0.4, -0.2) is 38.4 Å². The molecule has 0 spiro atoms. The number of sulfone groups is 1. The van der Waals surface area contributed by atoms with E-state index in [1.807, 2.05) is 48.5 Å². The van der Waals surface area contributed by atoms with Gasteiger partial charge in [0.1, 0.15) is 12.6 Å². The first-order valence-corrected chi connectivity index (χ1v) is 13.9. The highest BCUT2D eigenvalue weighted by molar-refractivity contribution is 7.94. The lowest BCUT2D eigenvalue weighted by molar-refractivity contribution is -0.124. The maximum atomic E-state index is 13.3. The van der Waals surface area contributed by atoms with Gasteiger partial charge in [-0.15, -0.1) is 0 Å². The van der Waals surface area contributed by atoms with Crippen molar-refractivity contribution in [2.45, 2.75) is 42.8 Å². The normalized spacial score (nSPS) is 12.8. The van der Waals surface area contributed by atoms with E-state index in [1.54, 1.807) is 30.3 Å². The van der Waals surface area contributed by atoms with Crippen molar-refractivity contribution in [3.05, 3.63) is 114 Å². The van der Waals surface area contributed by atoms with Crippen LogP contribution in [0.1, 0.15) is 24.0 Å². The van der Waals surface area contributed by atoms with E-state index < -0.39 is 39.8 Å². The third-order valence-corrected chi connectivity index (χ3v) is 7.14. The van der Waals surface area contributed by atoms with E-state index in [4.69, 9.17) is 10.5 Å². The lowest BCUT2D eigenvalue weighted by Gasteiger charge is -2.22. The first-order chi connectivity index (χ1) is 18.7. The minimum atomic E-state index is -3.79.